The fraction of sp³-hybridized carbons (Fsp3) is 0.882. The van der Waals surface area contributed by atoms with Crippen LogP contribution in [0.5, 0.6) is 0 Å². The van der Waals surface area contributed by atoms with Crippen LogP contribution in [-0.4, -0.2) is 65.8 Å². The van der Waals surface area contributed by atoms with Crippen LogP contribution in [0.2, 0.25) is 0 Å². The molecule has 130 valence electrons. The van der Waals surface area contributed by atoms with Crippen LogP contribution in [0.1, 0.15) is 52.4 Å². The van der Waals surface area contributed by atoms with Crippen molar-refractivity contribution in [3.63, 3.8) is 0 Å². The molecule has 0 aliphatic carbocycles. The molecular formula is C17H28N2O4. The van der Waals surface area contributed by atoms with Gasteiger partial charge in [0, 0.05) is 0 Å². The van der Waals surface area contributed by atoms with Gasteiger partial charge in [0.15, 0.2) is 0 Å². The van der Waals surface area contributed by atoms with Gasteiger partial charge in [-0.3, -0.25) is 9.69 Å². The normalized spacial score (nSPS) is 32.8. The van der Waals surface area contributed by atoms with Gasteiger partial charge in [-0.05, 0) is 12.8 Å². The predicted octanol–water partition coefficient (Wildman–Crippen LogP) is 2.17. The Balaban J connectivity index is 1.75. The highest BCUT2D eigenvalue weighted by molar-refractivity contribution is 6.07. The number of hydrogen-bond donors (Lipinski definition) is 0. The summed E-state index contributed by atoms with van der Waals surface area (Å²) in [5.41, 5.74) is -0.675. The van der Waals surface area contributed by atoms with Crippen LogP contribution in [-0.2, 0) is 14.3 Å². The summed E-state index contributed by atoms with van der Waals surface area (Å²) in [6.45, 7) is 6.47. The molecule has 3 amide bonds. The summed E-state index contributed by atoms with van der Waals surface area (Å²) < 4.78 is 10.5. The number of epoxide rings is 2. The molecule has 3 unspecified atom stereocenters. The quantitative estimate of drug-likeness (QED) is 0.351. The third kappa shape index (κ3) is 3.38. The van der Waals surface area contributed by atoms with Crippen LogP contribution in [0, 0.1) is 0 Å². The van der Waals surface area contributed by atoms with Crippen LogP contribution in [0.4, 0.5) is 4.79 Å². The zero-order valence-corrected chi connectivity index (χ0v) is 14.3. The number of hydrogen-bond acceptors (Lipinski definition) is 4. The molecule has 23 heavy (non-hydrogen) atoms. The van der Waals surface area contributed by atoms with Gasteiger partial charge in [0.2, 0.25) is 0 Å². The molecular weight excluding hydrogens is 296 g/mol. The van der Waals surface area contributed by atoms with E-state index < -0.39 is 5.54 Å². The van der Waals surface area contributed by atoms with E-state index in [4.69, 9.17) is 9.47 Å². The molecule has 6 nitrogen and oxygen atoms in total. The van der Waals surface area contributed by atoms with Crippen LogP contribution >= 0.6 is 0 Å². The summed E-state index contributed by atoms with van der Waals surface area (Å²) in [5.74, 6) is -0.0300. The van der Waals surface area contributed by atoms with Gasteiger partial charge in [-0.25, -0.2) is 4.79 Å². The average Bonchev–Trinajstić information content (AvgIpc) is 3.45. The van der Waals surface area contributed by atoms with Gasteiger partial charge in [0.05, 0.1) is 38.5 Å². The lowest BCUT2D eigenvalue weighted by atomic mass is 9.87. The van der Waals surface area contributed by atoms with E-state index in [0.29, 0.717) is 32.7 Å². The first-order valence-electron chi connectivity index (χ1n) is 8.99. The Bertz CT molecular complexity index is 462. The molecule has 3 aliphatic heterocycles. The number of imide groups is 1. The average molecular weight is 324 g/mol. The first-order valence-corrected chi connectivity index (χ1v) is 8.99. The second-order valence-corrected chi connectivity index (χ2v) is 6.92. The van der Waals surface area contributed by atoms with Gasteiger partial charge >= 0.3 is 6.03 Å². The molecule has 0 spiro atoms. The summed E-state index contributed by atoms with van der Waals surface area (Å²) in [4.78, 5) is 29.1. The van der Waals surface area contributed by atoms with E-state index in [1.54, 1.807) is 4.90 Å². The maximum atomic E-state index is 13.1. The van der Waals surface area contributed by atoms with Crippen molar-refractivity contribution in [2.45, 2.75) is 70.1 Å². The van der Waals surface area contributed by atoms with E-state index in [0.717, 1.165) is 25.7 Å². The number of nitrogens with zero attached hydrogens (tertiary/aromatic N) is 2. The zero-order chi connectivity index (χ0) is 16.4. The lowest BCUT2D eigenvalue weighted by Crippen LogP contribution is -2.50. The first kappa shape index (κ1) is 16.7. The van der Waals surface area contributed by atoms with Gasteiger partial charge in [0.25, 0.3) is 5.91 Å². The molecule has 3 heterocycles. The molecule has 0 aromatic heterocycles. The number of urea groups is 1. The first-order chi connectivity index (χ1) is 11.1. The number of carbonyl (C=O) groups is 2. The summed E-state index contributed by atoms with van der Waals surface area (Å²) in [6, 6.07) is -0.154. The Morgan fingerprint density at radius 3 is 2.26 bits per heavy atom. The Morgan fingerprint density at radius 2 is 1.70 bits per heavy atom. The maximum absolute atomic E-state index is 13.1. The molecule has 0 radical (unpaired) electrons. The smallest absolute Gasteiger partial charge is 0.327 e. The van der Waals surface area contributed by atoms with Gasteiger partial charge in [0.1, 0.15) is 5.54 Å². The van der Waals surface area contributed by atoms with Crippen molar-refractivity contribution in [2.75, 3.05) is 26.3 Å². The van der Waals surface area contributed by atoms with Crippen molar-refractivity contribution in [1.82, 2.24) is 9.80 Å². The molecule has 3 rings (SSSR count). The maximum Gasteiger partial charge on any atom is 0.327 e. The molecule has 3 saturated heterocycles. The number of amides is 3. The number of carbonyl (C=O) groups excluding carboxylic acids is 2. The number of unbranched alkanes of at least 4 members (excludes halogenated alkanes) is 3. The molecule has 0 aromatic carbocycles. The lowest BCUT2D eigenvalue weighted by Gasteiger charge is -2.34. The molecule has 0 N–H and O–H groups in total. The van der Waals surface area contributed by atoms with E-state index in [1.165, 1.54) is 11.3 Å². The predicted molar refractivity (Wildman–Crippen MR) is 85.1 cm³/mol. The molecule has 0 bridgehead atoms. The van der Waals surface area contributed by atoms with Crippen LogP contribution in [0.15, 0.2) is 0 Å². The largest absolute Gasteiger partial charge is 0.371 e. The summed E-state index contributed by atoms with van der Waals surface area (Å²) in [7, 11) is 0. The van der Waals surface area contributed by atoms with E-state index in [2.05, 4.69) is 6.92 Å². The van der Waals surface area contributed by atoms with E-state index in [1.807, 2.05) is 6.92 Å². The molecule has 0 saturated carbocycles. The molecule has 3 atom stereocenters. The Labute approximate surface area is 138 Å². The summed E-state index contributed by atoms with van der Waals surface area (Å²) >= 11 is 0. The molecule has 6 heteroatoms. The lowest BCUT2D eigenvalue weighted by molar-refractivity contribution is -0.134. The molecule has 3 aliphatic rings. The van der Waals surface area contributed by atoms with Gasteiger partial charge in [-0.2, -0.15) is 0 Å². The fourth-order valence-corrected chi connectivity index (χ4v) is 3.56. The second-order valence-electron chi connectivity index (χ2n) is 6.92. The second kappa shape index (κ2) is 6.77. The number of rotatable bonds is 10. The Hall–Kier alpha value is -1.14. The van der Waals surface area contributed by atoms with Gasteiger partial charge in [-0.15, -0.1) is 0 Å². The van der Waals surface area contributed by atoms with E-state index in [-0.39, 0.29) is 24.1 Å². The van der Waals surface area contributed by atoms with Crippen LogP contribution in [0.25, 0.3) is 0 Å². The van der Waals surface area contributed by atoms with Crippen molar-refractivity contribution in [1.29, 1.82) is 0 Å². The standard InChI is InChI=1S/C17H28N2O4/c1-3-5-6-7-8-17(4-2)15(20)18(9-13-11-22-13)16(21)19(17)10-14-12-23-14/h13-14H,3-12H2,1-2H3. The topological polar surface area (TPSA) is 65.7 Å². The molecule has 3 fully saturated rings. The third-order valence-corrected chi connectivity index (χ3v) is 5.23. The minimum absolute atomic E-state index is 0.0300. The zero-order valence-electron chi connectivity index (χ0n) is 14.3. The monoisotopic (exact) mass is 324 g/mol. The van der Waals surface area contributed by atoms with Crippen LogP contribution in [0.3, 0.4) is 0 Å². The Kier molecular flexibility index (Phi) is 4.92. The van der Waals surface area contributed by atoms with Gasteiger partial charge in [-0.1, -0.05) is 39.5 Å². The van der Waals surface area contributed by atoms with Crippen molar-refractivity contribution >= 4 is 11.9 Å². The summed E-state index contributed by atoms with van der Waals surface area (Å²) in [6.07, 6.45) is 5.99. The van der Waals surface area contributed by atoms with Crippen molar-refractivity contribution in [3.05, 3.63) is 0 Å². The summed E-state index contributed by atoms with van der Waals surface area (Å²) in [5, 5.41) is 0. The number of ether oxygens (including phenoxy) is 2. The van der Waals surface area contributed by atoms with Gasteiger partial charge < -0.3 is 14.4 Å². The fourth-order valence-electron chi connectivity index (χ4n) is 3.56. The van der Waals surface area contributed by atoms with E-state index in [9.17, 15) is 9.59 Å². The third-order valence-electron chi connectivity index (χ3n) is 5.23. The van der Waals surface area contributed by atoms with Crippen LogP contribution < -0.4 is 0 Å². The van der Waals surface area contributed by atoms with Crippen molar-refractivity contribution in [2.24, 2.45) is 0 Å². The highest BCUT2D eigenvalue weighted by Crippen LogP contribution is 2.37. The SMILES string of the molecule is CCCCCCC1(CC)C(=O)N(CC2CO2)C(=O)N1CC1CO1. The van der Waals surface area contributed by atoms with Crippen molar-refractivity contribution in [3.8, 4) is 0 Å². The highest BCUT2D eigenvalue weighted by atomic mass is 16.6. The minimum Gasteiger partial charge on any atom is -0.371 e. The molecule has 0 aromatic rings. The van der Waals surface area contributed by atoms with Crippen molar-refractivity contribution < 1.29 is 19.1 Å². The Morgan fingerprint density at radius 1 is 1.04 bits per heavy atom. The minimum atomic E-state index is -0.675. The van der Waals surface area contributed by atoms with E-state index >= 15 is 0 Å². The highest BCUT2D eigenvalue weighted by Gasteiger charge is 2.57.